The Morgan fingerprint density at radius 3 is 2.15 bits per heavy atom. The molecule has 0 aliphatic heterocycles. The van der Waals surface area contributed by atoms with Crippen molar-refractivity contribution in [3.63, 3.8) is 0 Å². The second kappa shape index (κ2) is 6.01. The van der Waals surface area contributed by atoms with E-state index in [4.69, 9.17) is 0 Å². The van der Waals surface area contributed by atoms with Crippen molar-refractivity contribution in [1.82, 2.24) is 14.9 Å². The summed E-state index contributed by atoms with van der Waals surface area (Å²) in [5, 5.41) is 0. The minimum absolute atomic E-state index is 0.409. The van der Waals surface area contributed by atoms with Gasteiger partial charge in [-0.3, -0.25) is 0 Å². The average molecular weight is 270 g/mol. The van der Waals surface area contributed by atoms with Gasteiger partial charge in [0.2, 0.25) is 0 Å². The van der Waals surface area contributed by atoms with E-state index in [0.717, 1.165) is 17.1 Å². The van der Waals surface area contributed by atoms with Gasteiger partial charge in [-0.15, -0.1) is 0 Å². The van der Waals surface area contributed by atoms with Crippen molar-refractivity contribution in [1.29, 1.82) is 0 Å². The third-order valence-corrected chi connectivity index (χ3v) is 3.57. The normalized spacial score (nSPS) is 12.5. The molecule has 0 fully saturated rings. The predicted molar refractivity (Wildman–Crippen MR) is 83.9 cm³/mol. The molecule has 0 saturated carbocycles. The highest BCUT2D eigenvalue weighted by Crippen LogP contribution is 2.23. The Balaban J connectivity index is 2.28. The van der Waals surface area contributed by atoms with Crippen LogP contribution < -0.4 is 4.90 Å². The molecule has 0 radical (unpaired) electrons. The van der Waals surface area contributed by atoms with E-state index in [2.05, 4.69) is 60.2 Å². The number of hydrogen-bond acceptors (Lipinski definition) is 4. The summed E-state index contributed by atoms with van der Waals surface area (Å²) in [7, 11) is 8.14. The minimum atomic E-state index is 0.409. The van der Waals surface area contributed by atoms with Crippen LogP contribution >= 0.6 is 0 Å². The molecule has 1 atom stereocenters. The van der Waals surface area contributed by atoms with Gasteiger partial charge in [0.05, 0.1) is 5.69 Å². The summed E-state index contributed by atoms with van der Waals surface area (Å²) in [5.41, 5.74) is 3.37. The summed E-state index contributed by atoms with van der Waals surface area (Å²) in [5.74, 6) is 0.917. The number of nitrogens with zero attached hydrogens (tertiary/aromatic N) is 4. The molecule has 20 heavy (non-hydrogen) atoms. The maximum atomic E-state index is 4.35. The molecule has 0 aliphatic carbocycles. The molecular weight excluding hydrogens is 248 g/mol. The quantitative estimate of drug-likeness (QED) is 0.855. The van der Waals surface area contributed by atoms with Gasteiger partial charge in [0.15, 0.2) is 0 Å². The fourth-order valence-electron chi connectivity index (χ4n) is 1.98. The monoisotopic (exact) mass is 270 g/mol. The molecule has 0 spiro atoms. The number of anilines is 1. The fourth-order valence-corrected chi connectivity index (χ4v) is 1.98. The molecule has 1 aromatic carbocycles. The van der Waals surface area contributed by atoms with E-state index >= 15 is 0 Å². The molecule has 0 amide bonds. The van der Waals surface area contributed by atoms with Gasteiger partial charge in [-0.25, -0.2) is 9.97 Å². The summed E-state index contributed by atoms with van der Waals surface area (Å²) in [6.45, 7) is 2.20. The standard InChI is InChI=1S/C16H22N4/c1-12(19(2)3)13-6-8-14(9-7-13)15-10-16(20(4)5)18-11-17-15/h6-12H,1-5H3. The van der Waals surface area contributed by atoms with Crippen molar-refractivity contribution in [3.05, 3.63) is 42.2 Å². The SMILES string of the molecule is CC(c1ccc(-c2cc(N(C)C)ncn2)cc1)N(C)C. The molecule has 4 nitrogen and oxygen atoms in total. The van der Waals surface area contributed by atoms with Crippen molar-refractivity contribution in [3.8, 4) is 11.3 Å². The number of aromatic nitrogens is 2. The molecule has 0 saturated heterocycles. The molecule has 2 aromatic rings. The van der Waals surface area contributed by atoms with Crippen LogP contribution in [0.2, 0.25) is 0 Å². The molecule has 2 rings (SSSR count). The van der Waals surface area contributed by atoms with Gasteiger partial charge >= 0.3 is 0 Å². The molecule has 106 valence electrons. The van der Waals surface area contributed by atoms with Crippen LogP contribution in [0, 0.1) is 0 Å². The Bertz CT molecular complexity index is 561. The molecule has 1 aromatic heterocycles. The molecule has 1 unspecified atom stereocenters. The highest BCUT2D eigenvalue weighted by atomic mass is 15.1. The zero-order chi connectivity index (χ0) is 14.7. The van der Waals surface area contributed by atoms with Gasteiger partial charge in [0.1, 0.15) is 12.1 Å². The summed E-state index contributed by atoms with van der Waals surface area (Å²) in [6, 6.07) is 11.0. The minimum Gasteiger partial charge on any atom is -0.363 e. The third-order valence-electron chi connectivity index (χ3n) is 3.57. The first kappa shape index (κ1) is 14.5. The highest BCUT2D eigenvalue weighted by Gasteiger charge is 2.08. The fraction of sp³-hybridized carbons (Fsp3) is 0.375. The summed E-state index contributed by atoms with van der Waals surface area (Å²) < 4.78 is 0. The van der Waals surface area contributed by atoms with Gasteiger partial charge in [-0.1, -0.05) is 24.3 Å². The first-order valence-electron chi connectivity index (χ1n) is 6.75. The van der Waals surface area contributed by atoms with Crippen molar-refractivity contribution >= 4 is 5.82 Å². The Labute approximate surface area is 121 Å². The molecular formula is C16H22N4. The third kappa shape index (κ3) is 3.14. The van der Waals surface area contributed by atoms with Crippen LogP contribution in [0.5, 0.6) is 0 Å². The van der Waals surface area contributed by atoms with E-state index in [9.17, 15) is 0 Å². The lowest BCUT2D eigenvalue weighted by atomic mass is 10.0. The van der Waals surface area contributed by atoms with Gasteiger partial charge in [-0.2, -0.15) is 0 Å². The predicted octanol–water partition coefficient (Wildman–Crippen LogP) is 2.83. The van der Waals surface area contributed by atoms with Crippen molar-refractivity contribution < 1.29 is 0 Å². The molecule has 0 aliphatic rings. The number of benzene rings is 1. The van der Waals surface area contributed by atoms with E-state index < -0.39 is 0 Å². The smallest absolute Gasteiger partial charge is 0.132 e. The maximum Gasteiger partial charge on any atom is 0.132 e. The van der Waals surface area contributed by atoms with Gasteiger partial charge in [-0.05, 0) is 26.6 Å². The Hall–Kier alpha value is -1.94. The van der Waals surface area contributed by atoms with Crippen LogP contribution in [0.4, 0.5) is 5.82 Å². The van der Waals surface area contributed by atoms with Crippen LogP contribution in [-0.4, -0.2) is 43.1 Å². The second-order valence-corrected chi connectivity index (χ2v) is 5.42. The van der Waals surface area contributed by atoms with E-state index in [0.29, 0.717) is 6.04 Å². The Morgan fingerprint density at radius 1 is 0.950 bits per heavy atom. The van der Waals surface area contributed by atoms with Crippen LogP contribution in [-0.2, 0) is 0 Å². The average Bonchev–Trinajstić information content (AvgIpc) is 2.46. The maximum absolute atomic E-state index is 4.35. The largest absolute Gasteiger partial charge is 0.363 e. The van der Waals surface area contributed by atoms with E-state index in [1.165, 1.54) is 5.56 Å². The van der Waals surface area contributed by atoms with E-state index in [1.807, 2.05) is 25.1 Å². The Kier molecular flexibility index (Phi) is 4.35. The molecule has 0 bridgehead atoms. The number of hydrogen-bond donors (Lipinski definition) is 0. The van der Waals surface area contributed by atoms with Crippen LogP contribution in [0.3, 0.4) is 0 Å². The highest BCUT2D eigenvalue weighted by molar-refractivity contribution is 5.62. The molecule has 1 heterocycles. The first-order chi connectivity index (χ1) is 9.49. The second-order valence-electron chi connectivity index (χ2n) is 5.42. The summed E-state index contributed by atoms with van der Waals surface area (Å²) in [4.78, 5) is 12.8. The lowest BCUT2D eigenvalue weighted by Crippen LogP contribution is -2.16. The van der Waals surface area contributed by atoms with E-state index in [-0.39, 0.29) is 0 Å². The van der Waals surface area contributed by atoms with E-state index in [1.54, 1.807) is 6.33 Å². The van der Waals surface area contributed by atoms with Gasteiger partial charge in [0, 0.05) is 31.8 Å². The van der Waals surface area contributed by atoms with Crippen molar-refractivity contribution in [2.75, 3.05) is 33.1 Å². The topological polar surface area (TPSA) is 32.3 Å². The van der Waals surface area contributed by atoms with Crippen LogP contribution in [0.15, 0.2) is 36.7 Å². The summed E-state index contributed by atoms with van der Waals surface area (Å²) >= 11 is 0. The lowest BCUT2D eigenvalue weighted by molar-refractivity contribution is 0.321. The zero-order valence-corrected chi connectivity index (χ0v) is 12.8. The van der Waals surface area contributed by atoms with Crippen molar-refractivity contribution in [2.24, 2.45) is 0 Å². The van der Waals surface area contributed by atoms with Crippen LogP contribution in [0.25, 0.3) is 11.3 Å². The van der Waals surface area contributed by atoms with Crippen LogP contribution in [0.1, 0.15) is 18.5 Å². The lowest BCUT2D eigenvalue weighted by Gasteiger charge is -2.20. The summed E-state index contributed by atoms with van der Waals surface area (Å²) in [6.07, 6.45) is 1.61. The molecule has 0 N–H and O–H groups in total. The van der Waals surface area contributed by atoms with Gasteiger partial charge < -0.3 is 9.80 Å². The van der Waals surface area contributed by atoms with Crippen molar-refractivity contribution in [2.45, 2.75) is 13.0 Å². The zero-order valence-electron chi connectivity index (χ0n) is 12.8. The Morgan fingerprint density at radius 2 is 1.60 bits per heavy atom. The number of rotatable bonds is 4. The molecule has 4 heteroatoms. The van der Waals surface area contributed by atoms with Gasteiger partial charge in [0.25, 0.3) is 0 Å². The first-order valence-corrected chi connectivity index (χ1v) is 6.75.